The maximum absolute atomic E-state index is 13.5. The fraction of sp³-hybridized carbons (Fsp3) is 0.308. The Morgan fingerprint density at radius 2 is 2.06 bits per heavy atom. The van der Waals surface area contributed by atoms with E-state index >= 15 is 0 Å². The Bertz CT molecular complexity index is 548. The van der Waals surface area contributed by atoms with E-state index in [-0.39, 0.29) is 11.7 Å². The van der Waals surface area contributed by atoms with Gasteiger partial charge in [-0.2, -0.15) is 0 Å². The molecule has 0 saturated heterocycles. The largest absolute Gasteiger partial charge is 0.375 e. The van der Waals surface area contributed by atoms with Crippen molar-refractivity contribution >= 4 is 16.5 Å². The van der Waals surface area contributed by atoms with E-state index in [0.717, 1.165) is 16.1 Å². The molecule has 0 aliphatic heterocycles. The van der Waals surface area contributed by atoms with Crippen molar-refractivity contribution in [2.75, 3.05) is 5.73 Å². The lowest BCUT2D eigenvalue weighted by Gasteiger charge is -2.11. The molecule has 90 valence electrons. The Morgan fingerprint density at radius 1 is 1.35 bits per heavy atom. The fourth-order valence-electron chi connectivity index (χ4n) is 1.86. The highest BCUT2D eigenvalue weighted by atomic mass is 32.1. The van der Waals surface area contributed by atoms with Gasteiger partial charge in [-0.3, -0.25) is 0 Å². The number of benzene rings is 1. The molecular weight excluding hydrogens is 235 g/mol. The third-order valence-corrected chi connectivity index (χ3v) is 4.11. The van der Waals surface area contributed by atoms with Gasteiger partial charge in [0.1, 0.15) is 5.82 Å². The molecule has 1 aromatic heterocycles. The maximum atomic E-state index is 13.5. The topological polar surface area (TPSA) is 38.9 Å². The van der Waals surface area contributed by atoms with E-state index in [4.69, 9.17) is 5.73 Å². The van der Waals surface area contributed by atoms with Gasteiger partial charge in [-0.1, -0.05) is 19.1 Å². The lowest BCUT2D eigenvalue weighted by molar-refractivity contribution is 0.615. The molecule has 0 aliphatic rings. The Balaban J connectivity index is 2.40. The molecule has 1 aromatic carbocycles. The first-order valence-corrected chi connectivity index (χ1v) is 6.29. The molecule has 0 aliphatic carbocycles. The molecule has 0 radical (unpaired) electrons. The Hall–Kier alpha value is -1.42. The number of nitrogens with two attached hydrogens (primary N) is 1. The zero-order valence-electron chi connectivity index (χ0n) is 10.1. The molecule has 0 saturated carbocycles. The number of anilines is 1. The van der Waals surface area contributed by atoms with Gasteiger partial charge in [-0.15, -0.1) is 11.3 Å². The van der Waals surface area contributed by atoms with Crippen LogP contribution in [0.3, 0.4) is 0 Å². The monoisotopic (exact) mass is 250 g/mol. The summed E-state index contributed by atoms with van der Waals surface area (Å²) in [5.41, 5.74) is 8.24. The van der Waals surface area contributed by atoms with Crippen LogP contribution in [0.4, 0.5) is 9.52 Å². The molecule has 0 spiro atoms. The van der Waals surface area contributed by atoms with Crippen molar-refractivity contribution in [3.8, 4) is 0 Å². The molecule has 4 heteroatoms. The van der Waals surface area contributed by atoms with E-state index in [1.165, 1.54) is 11.3 Å². The van der Waals surface area contributed by atoms with Crippen molar-refractivity contribution < 1.29 is 4.39 Å². The van der Waals surface area contributed by atoms with Crippen LogP contribution in [-0.4, -0.2) is 4.98 Å². The molecule has 1 atom stereocenters. The van der Waals surface area contributed by atoms with E-state index in [1.54, 1.807) is 19.1 Å². The molecule has 17 heavy (non-hydrogen) atoms. The van der Waals surface area contributed by atoms with Gasteiger partial charge in [0.05, 0.1) is 5.69 Å². The van der Waals surface area contributed by atoms with E-state index in [2.05, 4.69) is 4.98 Å². The summed E-state index contributed by atoms with van der Waals surface area (Å²) in [6.07, 6.45) is 0. The van der Waals surface area contributed by atoms with Gasteiger partial charge in [0.15, 0.2) is 5.13 Å². The van der Waals surface area contributed by atoms with Crippen molar-refractivity contribution in [2.24, 2.45) is 0 Å². The number of halogens is 1. The molecule has 0 fully saturated rings. The van der Waals surface area contributed by atoms with Crippen LogP contribution >= 0.6 is 11.3 Å². The summed E-state index contributed by atoms with van der Waals surface area (Å²) in [7, 11) is 0. The van der Waals surface area contributed by atoms with Crippen molar-refractivity contribution in [2.45, 2.75) is 26.7 Å². The zero-order chi connectivity index (χ0) is 12.6. The van der Waals surface area contributed by atoms with Crippen molar-refractivity contribution in [3.05, 3.63) is 45.7 Å². The minimum atomic E-state index is -0.163. The Labute approximate surface area is 104 Å². The first-order valence-electron chi connectivity index (χ1n) is 5.48. The second kappa shape index (κ2) is 4.45. The number of aryl methyl sites for hydroxylation is 2. The minimum Gasteiger partial charge on any atom is -0.375 e. The third-order valence-electron chi connectivity index (χ3n) is 2.94. The lowest BCUT2D eigenvalue weighted by atomic mass is 9.97. The number of rotatable bonds is 2. The molecule has 2 rings (SSSR count). The highest BCUT2D eigenvalue weighted by Crippen LogP contribution is 2.33. The average molecular weight is 250 g/mol. The normalized spacial score (nSPS) is 12.7. The predicted molar refractivity (Wildman–Crippen MR) is 69.9 cm³/mol. The van der Waals surface area contributed by atoms with Crippen LogP contribution in [0.1, 0.15) is 34.5 Å². The summed E-state index contributed by atoms with van der Waals surface area (Å²) < 4.78 is 13.5. The van der Waals surface area contributed by atoms with Crippen LogP contribution in [0.5, 0.6) is 0 Å². The fourth-order valence-corrected chi connectivity index (χ4v) is 2.78. The molecular formula is C13H15FN2S. The SMILES string of the molecule is Cc1ccc(C(C)c2sc(N)nc2C)cc1F. The summed E-state index contributed by atoms with van der Waals surface area (Å²) in [4.78, 5) is 5.30. The number of nitrogens with zero attached hydrogens (tertiary/aromatic N) is 1. The van der Waals surface area contributed by atoms with Crippen molar-refractivity contribution in [1.82, 2.24) is 4.98 Å². The quantitative estimate of drug-likeness (QED) is 0.884. The number of hydrogen-bond donors (Lipinski definition) is 1. The third kappa shape index (κ3) is 2.31. The van der Waals surface area contributed by atoms with Crippen molar-refractivity contribution in [3.63, 3.8) is 0 Å². The van der Waals surface area contributed by atoms with Gasteiger partial charge in [-0.05, 0) is 31.0 Å². The summed E-state index contributed by atoms with van der Waals surface area (Å²) in [5.74, 6) is -0.0376. The van der Waals surface area contributed by atoms with Crippen LogP contribution < -0.4 is 5.73 Å². The highest BCUT2D eigenvalue weighted by Gasteiger charge is 2.16. The molecule has 1 heterocycles. The Kier molecular flexibility index (Phi) is 3.15. The number of aromatic nitrogens is 1. The van der Waals surface area contributed by atoms with Gasteiger partial charge < -0.3 is 5.73 Å². The van der Waals surface area contributed by atoms with Gasteiger partial charge in [0.25, 0.3) is 0 Å². The second-order valence-corrected chi connectivity index (χ2v) is 5.29. The zero-order valence-corrected chi connectivity index (χ0v) is 10.9. The minimum absolute atomic E-state index is 0.125. The first kappa shape index (κ1) is 12.0. The number of hydrogen-bond acceptors (Lipinski definition) is 3. The van der Waals surface area contributed by atoms with E-state index < -0.39 is 0 Å². The van der Waals surface area contributed by atoms with Crippen LogP contribution in [-0.2, 0) is 0 Å². The second-order valence-electron chi connectivity index (χ2n) is 4.23. The van der Waals surface area contributed by atoms with Crippen LogP contribution in [0.25, 0.3) is 0 Å². The number of nitrogen functional groups attached to an aromatic ring is 1. The smallest absolute Gasteiger partial charge is 0.180 e. The molecule has 2 aromatic rings. The van der Waals surface area contributed by atoms with Gasteiger partial charge in [-0.25, -0.2) is 9.37 Å². The number of thiazole rings is 1. The summed E-state index contributed by atoms with van der Waals surface area (Å²) in [6, 6.07) is 5.36. The highest BCUT2D eigenvalue weighted by molar-refractivity contribution is 7.15. The summed E-state index contributed by atoms with van der Waals surface area (Å²) >= 11 is 1.47. The van der Waals surface area contributed by atoms with E-state index in [1.807, 2.05) is 19.9 Å². The average Bonchev–Trinajstić information content (AvgIpc) is 2.61. The Morgan fingerprint density at radius 3 is 2.59 bits per heavy atom. The van der Waals surface area contributed by atoms with Gasteiger partial charge in [0.2, 0.25) is 0 Å². The molecule has 2 N–H and O–H groups in total. The summed E-state index contributed by atoms with van der Waals surface area (Å²) in [5, 5.41) is 0.567. The van der Waals surface area contributed by atoms with Crippen molar-refractivity contribution in [1.29, 1.82) is 0 Å². The van der Waals surface area contributed by atoms with Crippen LogP contribution in [0, 0.1) is 19.7 Å². The standard InChI is InChI=1S/C13H15FN2S/c1-7-4-5-10(6-11(7)14)8(2)12-9(3)16-13(15)17-12/h4-6,8H,1-3H3,(H2,15,16). The van der Waals surface area contributed by atoms with Crippen LogP contribution in [0.15, 0.2) is 18.2 Å². The first-order chi connectivity index (χ1) is 7.99. The van der Waals surface area contributed by atoms with E-state index in [9.17, 15) is 4.39 Å². The van der Waals surface area contributed by atoms with Gasteiger partial charge in [0, 0.05) is 10.8 Å². The molecule has 2 nitrogen and oxygen atoms in total. The lowest BCUT2D eigenvalue weighted by Crippen LogP contribution is -1.97. The molecule has 0 bridgehead atoms. The van der Waals surface area contributed by atoms with Crippen LogP contribution in [0.2, 0.25) is 0 Å². The maximum Gasteiger partial charge on any atom is 0.180 e. The van der Waals surface area contributed by atoms with Gasteiger partial charge >= 0.3 is 0 Å². The summed E-state index contributed by atoms with van der Waals surface area (Å²) in [6.45, 7) is 5.74. The van der Waals surface area contributed by atoms with E-state index in [0.29, 0.717) is 10.7 Å². The predicted octanol–water partition coefficient (Wildman–Crippen LogP) is 3.63. The molecule has 0 amide bonds. The molecule has 1 unspecified atom stereocenters.